The Bertz CT molecular complexity index is 857. The third kappa shape index (κ3) is 3.22. The summed E-state index contributed by atoms with van der Waals surface area (Å²) in [6.07, 6.45) is 3.03. The molecule has 0 fully saturated rings. The van der Waals surface area contributed by atoms with Crippen LogP contribution in [-0.2, 0) is 13.1 Å². The van der Waals surface area contributed by atoms with Gasteiger partial charge < -0.3 is 4.57 Å². The largest absolute Gasteiger partial charge is 0.350 e. The van der Waals surface area contributed by atoms with Gasteiger partial charge in [0.15, 0.2) is 0 Å². The van der Waals surface area contributed by atoms with E-state index in [0.717, 1.165) is 37.8 Å². The van der Waals surface area contributed by atoms with Gasteiger partial charge in [-0.25, -0.2) is 8.78 Å². The van der Waals surface area contributed by atoms with Gasteiger partial charge in [0, 0.05) is 43.2 Å². The minimum atomic E-state index is -0.542. The van der Waals surface area contributed by atoms with Crippen molar-refractivity contribution >= 4 is 0 Å². The molecule has 128 valence electrons. The Morgan fingerprint density at radius 2 is 1.76 bits per heavy atom. The summed E-state index contributed by atoms with van der Waals surface area (Å²) < 4.78 is 30.2. The monoisotopic (exact) mass is 338 g/mol. The van der Waals surface area contributed by atoms with Gasteiger partial charge in [-0.15, -0.1) is 0 Å². The van der Waals surface area contributed by atoms with E-state index in [2.05, 4.69) is 21.6 Å². The molecule has 4 rings (SSSR count). The second-order valence-electron chi connectivity index (χ2n) is 6.50. The van der Waals surface area contributed by atoms with Crippen molar-refractivity contribution in [3.05, 3.63) is 95.3 Å². The van der Waals surface area contributed by atoms with E-state index >= 15 is 0 Å². The van der Waals surface area contributed by atoms with Crippen LogP contribution in [0.1, 0.15) is 29.3 Å². The number of halogens is 2. The van der Waals surface area contributed by atoms with Crippen molar-refractivity contribution in [2.45, 2.75) is 25.6 Å². The Kier molecular flexibility index (Phi) is 4.36. The van der Waals surface area contributed by atoms with E-state index in [0.29, 0.717) is 5.56 Å². The smallest absolute Gasteiger partial charge is 0.131 e. The quantitative estimate of drug-likeness (QED) is 0.668. The SMILES string of the molecule is Fc1ccc([C@H]2c3cccn3CCCN2Cc2ccccc2)c(F)c1. The molecule has 1 atom stereocenters. The van der Waals surface area contributed by atoms with E-state index in [9.17, 15) is 8.78 Å². The fourth-order valence-electron chi connectivity index (χ4n) is 3.71. The second-order valence-corrected chi connectivity index (χ2v) is 6.50. The molecule has 1 aromatic heterocycles. The number of fused-ring (bicyclic) bond motifs is 1. The highest BCUT2D eigenvalue weighted by Crippen LogP contribution is 2.34. The molecule has 0 bridgehead atoms. The van der Waals surface area contributed by atoms with E-state index in [4.69, 9.17) is 0 Å². The molecular weight excluding hydrogens is 318 g/mol. The molecule has 2 heterocycles. The Morgan fingerprint density at radius 1 is 0.920 bits per heavy atom. The van der Waals surface area contributed by atoms with Crippen molar-refractivity contribution in [3.63, 3.8) is 0 Å². The van der Waals surface area contributed by atoms with E-state index in [1.54, 1.807) is 6.07 Å². The molecule has 0 saturated heterocycles. The number of aromatic nitrogens is 1. The van der Waals surface area contributed by atoms with Gasteiger partial charge in [0.1, 0.15) is 11.6 Å². The minimum absolute atomic E-state index is 0.224. The maximum atomic E-state index is 14.6. The van der Waals surface area contributed by atoms with Crippen molar-refractivity contribution in [1.29, 1.82) is 0 Å². The zero-order valence-electron chi connectivity index (χ0n) is 13.9. The van der Waals surface area contributed by atoms with Crippen molar-refractivity contribution in [2.24, 2.45) is 0 Å². The number of rotatable bonds is 3. The summed E-state index contributed by atoms with van der Waals surface area (Å²) in [5.41, 5.74) is 2.77. The van der Waals surface area contributed by atoms with E-state index in [1.807, 2.05) is 36.5 Å². The van der Waals surface area contributed by atoms with Crippen LogP contribution in [0.3, 0.4) is 0 Å². The standard InChI is InChI=1S/C21H20F2N2/c22-17-9-10-18(19(23)14-17)21-20-8-4-11-24(20)12-5-13-25(21)15-16-6-2-1-3-7-16/h1-4,6-11,14,21H,5,12-13,15H2/t21-/m0/s1. The molecule has 1 aliphatic rings. The van der Waals surface area contributed by atoms with Crippen LogP contribution in [0.15, 0.2) is 66.9 Å². The lowest BCUT2D eigenvalue weighted by Crippen LogP contribution is -2.30. The van der Waals surface area contributed by atoms with Gasteiger partial charge in [0.25, 0.3) is 0 Å². The number of hydrogen-bond donors (Lipinski definition) is 0. The van der Waals surface area contributed by atoms with Crippen LogP contribution in [0.4, 0.5) is 8.78 Å². The predicted molar refractivity (Wildman–Crippen MR) is 94.1 cm³/mol. The molecule has 25 heavy (non-hydrogen) atoms. The van der Waals surface area contributed by atoms with Crippen molar-refractivity contribution in [2.75, 3.05) is 6.54 Å². The van der Waals surface area contributed by atoms with Gasteiger partial charge in [0.05, 0.1) is 6.04 Å². The van der Waals surface area contributed by atoms with Gasteiger partial charge >= 0.3 is 0 Å². The summed E-state index contributed by atoms with van der Waals surface area (Å²) in [6, 6.07) is 17.9. The molecule has 0 amide bonds. The number of hydrogen-bond acceptors (Lipinski definition) is 1. The molecule has 2 aromatic carbocycles. The molecule has 1 aliphatic heterocycles. The first-order chi connectivity index (χ1) is 12.2. The van der Waals surface area contributed by atoms with Crippen LogP contribution in [0.25, 0.3) is 0 Å². The molecule has 0 spiro atoms. The summed E-state index contributed by atoms with van der Waals surface area (Å²) in [5, 5.41) is 0. The van der Waals surface area contributed by atoms with E-state index in [1.165, 1.54) is 11.6 Å². The fraction of sp³-hybridized carbons (Fsp3) is 0.238. The maximum absolute atomic E-state index is 14.6. The summed E-state index contributed by atoms with van der Waals surface area (Å²) in [4.78, 5) is 2.28. The first-order valence-electron chi connectivity index (χ1n) is 8.60. The molecule has 3 aromatic rings. The Labute approximate surface area is 146 Å². The lowest BCUT2D eigenvalue weighted by atomic mass is 10.00. The highest BCUT2D eigenvalue weighted by molar-refractivity contribution is 5.32. The normalized spacial score (nSPS) is 17.9. The Morgan fingerprint density at radius 3 is 2.56 bits per heavy atom. The van der Waals surface area contributed by atoms with Crippen LogP contribution >= 0.6 is 0 Å². The Balaban J connectivity index is 1.78. The van der Waals surface area contributed by atoms with Crippen LogP contribution in [0.2, 0.25) is 0 Å². The first-order valence-corrected chi connectivity index (χ1v) is 8.60. The third-order valence-corrected chi connectivity index (χ3v) is 4.84. The van der Waals surface area contributed by atoms with E-state index < -0.39 is 11.6 Å². The van der Waals surface area contributed by atoms with Crippen LogP contribution < -0.4 is 0 Å². The summed E-state index contributed by atoms with van der Waals surface area (Å²) in [7, 11) is 0. The molecule has 2 nitrogen and oxygen atoms in total. The number of benzene rings is 2. The average Bonchev–Trinajstić information content (AvgIpc) is 2.99. The van der Waals surface area contributed by atoms with E-state index in [-0.39, 0.29) is 6.04 Å². The van der Waals surface area contributed by atoms with Crippen molar-refractivity contribution in [1.82, 2.24) is 9.47 Å². The third-order valence-electron chi connectivity index (χ3n) is 4.84. The topological polar surface area (TPSA) is 8.17 Å². The van der Waals surface area contributed by atoms with Crippen LogP contribution in [0, 0.1) is 11.6 Å². The minimum Gasteiger partial charge on any atom is -0.350 e. The molecule has 0 saturated carbocycles. The summed E-state index contributed by atoms with van der Waals surface area (Å²) in [6.45, 7) is 2.50. The maximum Gasteiger partial charge on any atom is 0.131 e. The molecule has 0 radical (unpaired) electrons. The van der Waals surface area contributed by atoms with Gasteiger partial charge in [0.2, 0.25) is 0 Å². The fourth-order valence-corrected chi connectivity index (χ4v) is 3.71. The summed E-state index contributed by atoms with van der Waals surface area (Å²) >= 11 is 0. The van der Waals surface area contributed by atoms with Gasteiger partial charge in [-0.2, -0.15) is 0 Å². The molecule has 4 heteroatoms. The predicted octanol–water partition coefficient (Wildman–Crippen LogP) is 4.76. The number of aryl methyl sites for hydroxylation is 1. The first kappa shape index (κ1) is 16.0. The molecule has 0 N–H and O–H groups in total. The lowest BCUT2D eigenvalue weighted by molar-refractivity contribution is 0.216. The summed E-state index contributed by atoms with van der Waals surface area (Å²) in [5.74, 6) is -1.03. The molecule has 0 unspecified atom stereocenters. The number of nitrogens with zero attached hydrogens (tertiary/aromatic N) is 2. The average molecular weight is 338 g/mol. The van der Waals surface area contributed by atoms with Crippen molar-refractivity contribution < 1.29 is 8.78 Å². The zero-order chi connectivity index (χ0) is 17.2. The second kappa shape index (κ2) is 6.81. The van der Waals surface area contributed by atoms with Crippen LogP contribution in [-0.4, -0.2) is 16.0 Å². The van der Waals surface area contributed by atoms with Crippen molar-refractivity contribution in [3.8, 4) is 0 Å². The highest BCUT2D eigenvalue weighted by atomic mass is 19.1. The zero-order valence-corrected chi connectivity index (χ0v) is 13.9. The van der Waals surface area contributed by atoms with Gasteiger partial charge in [-0.3, -0.25) is 4.90 Å². The Hall–Kier alpha value is -2.46. The van der Waals surface area contributed by atoms with Gasteiger partial charge in [-0.05, 0) is 30.2 Å². The van der Waals surface area contributed by atoms with Crippen LogP contribution in [0.5, 0.6) is 0 Å². The molecule has 0 aliphatic carbocycles. The van der Waals surface area contributed by atoms with Gasteiger partial charge in [-0.1, -0.05) is 36.4 Å². The lowest BCUT2D eigenvalue weighted by Gasteiger charge is -2.31. The molecular formula is C21H20F2N2. The highest BCUT2D eigenvalue weighted by Gasteiger charge is 2.29.